The fraction of sp³-hybridized carbons (Fsp3) is 0.0526. The van der Waals surface area contributed by atoms with Crippen LogP contribution in [-0.2, 0) is 4.79 Å². The number of thioether (sulfide) groups is 1. The summed E-state index contributed by atoms with van der Waals surface area (Å²) in [6.07, 6.45) is 3.12. The molecule has 0 unspecified atom stereocenters. The smallest absolute Gasteiger partial charge is 0.300 e. The summed E-state index contributed by atoms with van der Waals surface area (Å²) in [7, 11) is 0. The van der Waals surface area contributed by atoms with Crippen molar-refractivity contribution in [1.82, 2.24) is 19.2 Å². The Morgan fingerprint density at radius 1 is 1.14 bits per heavy atom. The average Bonchev–Trinajstić information content (AvgIpc) is 3.12. The Labute approximate surface area is 176 Å². The predicted octanol–water partition coefficient (Wildman–Crippen LogP) is 3.51. The highest BCUT2D eigenvalue weighted by Crippen LogP contribution is 2.18. The summed E-state index contributed by atoms with van der Waals surface area (Å²) in [6.45, 7) is 0. The third-order valence-corrected chi connectivity index (χ3v) is 5.46. The number of hydrogen-bond donors (Lipinski definition) is 1. The van der Waals surface area contributed by atoms with Gasteiger partial charge in [0.15, 0.2) is 5.16 Å². The molecule has 2 heterocycles. The highest BCUT2D eigenvalue weighted by molar-refractivity contribution is 9.10. The monoisotopic (exact) mass is 473 g/mol. The summed E-state index contributed by atoms with van der Waals surface area (Å²) < 4.78 is 17.2. The van der Waals surface area contributed by atoms with Gasteiger partial charge >= 0.3 is 5.56 Å². The molecule has 29 heavy (non-hydrogen) atoms. The lowest BCUT2D eigenvalue weighted by molar-refractivity contribution is -0.113. The highest BCUT2D eigenvalue weighted by atomic mass is 79.9. The third-order valence-electron chi connectivity index (χ3n) is 3.99. The first-order valence-electron chi connectivity index (χ1n) is 8.42. The lowest BCUT2D eigenvalue weighted by atomic mass is 10.3. The van der Waals surface area contributed by atoms with Crippen LogP contribution < -0.4 is 10.9 Å². The number of amides is 1. The molecule has 0 fully saturated rings. The van der Waals surface area contributed by atoms with Gasteiger partial charge < -0.3 is 5.32 Å². The van der Waals surface area contributed by atoms with E-state index in [9.17, 15) is 14.0 Å². The molecule has 0 spiro atoms. The van der Waals surface area contributed by atoms with E-state index in [4.69, 9.17) is 0 Å². The molecular weight excluding hydrogens is 461 g/mol. The van der Waals surface area contributed by atoms with Crippen LogP contribution in [-0.4, -0.2) is 30.8 Å². The number of halogens is 2. The van der Waals surface area contributed by atoms with Crippen LogP contribution in [0.4, 0.5) is 10.1 Å². The molecule has 1 amide bonds. The molecule has 1 N–H and O–H groups in total. The quantitative estimate of drug-likeness (QED) is 0.448. The molecule has 0 bridgehead atoms. The number of carbonyl (C=O) groups excluding carboxylic acids is 1. The van der Waals surface area contributed by atoms with Crippen LogP contribution in [0.1, 0.15) is 0 Å². The molecule has 0 saturated carbocycles. The van der Waals surface area contributed by atoms with Crippen LogP contribution in [0, 0.1) is 5.82 Å². The zero-order chi connectivity index (χ0) is 20.4. The average molecular weight is 474 g/mol. The Hall–Kier alpha value is -2.98. The number of nitrogens with one attached hydrogen (secondary N) is 1. The normalized spacial score (nSPS) is 11.0. The first-order valence-corrected chi connectivity index (χ1v) is 10.2. The molecule has 0 aliphatic heterocycles. The van der Waals surface area contributed by atoms with Gasteiger partial charge in [-0.2, -0.15) is 0 Å². The fourth-order valence-corrected chi connectivity index (χ4v) is 3.64. The number of rotatable bonds is 5. The zero-order valence-corrected chi connectivity index (χ0v) is 17.2. The number of carbonyl (C=O) groups is 1. The number of benzene rings is 2. The highest BCUT2D eigenvalue weighted by Gasteiger charge is 2.14. The molecule has 0 aliphatic carbocycles. The maximum absolute atomic E-state index is 13.5. The Morgan fingerprint density at radius 2 is 1.93 bits per heavy atom. The molecule has 4 aromatic rings. The Bertz CT molecular complexity index is 1260. The zero-order valence-electron chi connectivity index (χ0n) is 14.8. The second-order valence-electron chi connectivity index (χ2n) is 5.97. The topological polar surface area (TPSA) is 81.3 Å². The van der Waals surface area contributed by atoms with E-state index in [0.29, 0.717) is 16.5 Å². The number of hydrogen-bond acceptors (Lipinski definition) is 5. The lowest BCUT2D eigenvalue weighted by Gasteiger charge is -2.07. The van der Waals surface area contributed by atoms with Gasteiger partial charge in [-0.25, -0.2) is 4.39 Å². The van der Waals surface area contributed by atoms with Crippen molar-refractivity contribution in [2.75, 3.05) is 11.1 Å². The summed E-state index contributed by atoms with van der Waals surface area (Å²) in [5, 5.41) is 11.1. The van der Waals surface area contributed by atoms with Gasteiger partial charge in [-0.1, -0.05) is 33.8 Å². The van der Waals surface area contributed by atoms with Gasteiger partial charge in [0.2, 0.25) is 11.6 Å². The molecule has 10 heteroatoms. The Morgan fingerprint density at radius 3 is 2.69 bits per heavy atom. The summed E-state index contributed by atoms with van der Waals surface area (Å²) in [5.74, 6) is -0.546. The summed E-state index contributed by atoms with van der Waals surface area (Å²) in [6, 6.07) is 12.9. The fourth-order valence-electron chi connectivity index (χ4n) is 2.65. The van der Waals surface area contributed by atoms with Crippen LogP contribution in [0.25, 0.3) is 11.3 Å². The van der Waals surface area contributed by atoms with E-state index in [1.165, 1.54) is 33.4 Å². The molecule has 0 aliphatic rings. The van der Waals surface area contributed by atoms with Crippen LogP contribution in [0.15, 0.2) is 75.3 Å². The number of fused-ring (bicyclic) bond motifs is 1. The van der Waals surface area contributed by atoms with Crippen molar-refractivity contribution in [3.8, 4) is 5.69 Å². The molecule has 0 radical (unpaired) electrons. The van der Waals surface area contributed by atoms with Gasteiger partial charge in [-0.3, -0.25) is 18.6 Å². The molecule has 0 saturated heterocycles. The minimum Gasteiger partial charge on any atom is -0.325 e. The van der Waals surface area contributed by atoms with Crippen molar-refractivity contribution >= 4 is 44.9 Å². The number of anilines is 1. The first-order chi connectivity index (χ1) is 14.0. The molecule has 4 rings (SSSR count). The van der Waals surface area contributed by atoms with Crippen molar-refractivity contribution in [2.24, 2.45) is 0 Å². The molecule has 146 valence electrons. The van der Waals surface area contributed by atoms with Crippen molar-refractivity contribution in [3.05, 3.63) is 81.6 Å². The summed E-state index contributed by atoms with van der Waals surface area (Å²) in [4.78, 5) is 24.8. The van der Waals surface area contributed by atoms with Gasteiger partial charge in [0.05, 0.1) is 11.4 Å². The van der Waals surface area contributed by atoms with Crippen LogP contribution >= 0.6 is 27.7 Å². The van der Waals surface area contributed by atoms with E-state index in [1.807, 2.05) is 12.1 Å². The van der Waals surface area contributed by atoms with Crippen molar-refractivity contribution < 1.29 is 9.18 Å². The maximum atomic E-state index is 13.5. The van der Waals surface area contributed by atoms with E-state index < -0.39 is 11.4 Å². The molecule has 2 aromatic heterocycles. The number of aromatic nitrogens is 4. The number of nitrogens with zero attached hydrogens (tertiary/aromatic N) is 4. The Balaban J connectivity index is 1.52. The standard InChI is InChI=1S/C19H13BrFN5O2S/c20-12-4-6-14(7-5-12)22-16(27)11-29-19-24-23-17-18(28)25(8-9-26(17)19)15-3-1-2-13(21)10-15/h1-10H,11H2,(H,22,27). The molecule has 0 atom stereocenters. The minimum absolute atomic E-state index is 0.0904. The van der Waals surface area contributed by atoms with Crippen molar-refractivity contribution in [1.29, 1.82) is 0 Å². The van der Waals surface area contributed by atoms with Crippen molar-refractivity contribution in [3.63, 3.8) is 0 Å². The molecular formula is C19H13BrFN5O2S. The molecule has 7 nitrogen and oxygen atoms in total. The van der Waals surface area contributed by atoms with E-state index in [0.717, 1.165) is 16.2 Å². The van der Waals surface area contributed by atoms with Crippen LogP contribution in [0.5, 0.6) is 0 Å². The van der Waals surface area contributed by atoms with Gasteiger partial charge in [0.25, 0.3) is 0 Å². The van der Waals surface area contributed by atoms with Gasteiger partial charge in [0.1, 0.15) is 5.82 Å². The largest absolute Gasteiger partial charge is 0.325 e. The third kappa shape index (κ3) is 4.22. The first kappa shape index (κ1) is 19.3. The van der Waals surface area contributed by atoms with Crippen LogP contribution in [0.3, 0.4) is 0 Å². The van der Waals surface area contributed by atoms with E-state index in [-0.39, 0.29) is 17.3 Å². The lowest BCUT2D eigenvalue weighted by Crippen LogP contribution is -2.20. The van der Waals surface area contributed by atoms with Gasteiger partial charge in [0, 0.05) is 22.6 Å². The van der Waals surface area contributed by atoms with E-state index >= 15 is 0 Å². The van der Waals surface area contributed by atoms with Gasteiger partial charge in [-0.15, -0.1) is 10.2 Å². The van der Waals surface area contributed by atoms with E-state index in [1.54, 1.807) is 24.4 Å². The summed E-state index contributed by atoms with van der Waals surface area (Å²) in [5.41, 5.74) is 0.732. The second kappa shape index (κ2) is 8.18. The van der Waals surface area contributed by atoms with Gasteiger partial charge in [-0.05, 0) is 42.5 Å². The SMILES string of the molecule is O=C(CSc1nnc2c(=O)n(-c3cccc(F)c3)ccn12)Nc1ccc(Br)cc1. The Kier molecular flexibility index (Phi) is 5.45. The van der Waals surface area contributed by atoms with Crippen LogP contribution in [0.2, 0.25) is 0 Å². The summed E-state index contributed by atoms with van der Waals surface area (Å²) >= 11 is 4.50. The maximum Gasteiger partial charge on any atom is 0.300 e. The molecule has 2 aromatic carbocycles. The predicted molar refractivity (Wildman–Crippen MR) is 112 cm³/mol. The second-order valence-corrected chi connectivity index (χ2v) is 7.83. The van der Waals surface area contributed by atoms with Crippen molar-refractivity contribution in [2.45, 2.75) is 5.16 Å². The van der Waals surface area contributed by atoms with E-state index in [2.05, 4.69) is 31.4 Å². The minimum atomic E-state index is -0.441.